The SMILES string of the molecule is Cc1n[nH]c(C)c1C(C)CC(=O)NCC(O)c1ccco1. The van der Waals surface area contributed by atoms with Crippen molar-refractivity contribution in [2.45, 2.75) is 39.2 Å². The summed E-state index contributed by atoms with van der Waals surface area (Å²) >= 11 is 0. The van der Waals surface area contributed by atoms with Crippen molar-refractivity contribution in [2.24, 2.45) is 0 Å². The molecule has 0 aliphatic rings. The lowest BCUT2D eigenvalue weighted by atomic mass is 9.95. The summed E-state index contributed by atoms with van der Waals surface area (Å²) < 4.78 is 5.09. The lowest BCUT2D eigenvalue weighted by Crippen LogP contribution is -2.29. The van der Waals surface area contributed by atoms with E-state index in [1.54, 1.807) is 12.1 Å². The van der Waals surface area contributed by atoms with Crippen molar-refractivity contribution in [3.8, 4) is 0 Å². The number of furan rings is 1. The summed E-state index contributed by atoms with van der Waals surface area (Å²) in [5.74, 6) is 0.419. The first-order valence-corrected chi connectivity index (χ1v) is 6.98. The van der Waals surface area contributed by atoms with Gasteiger partial charge in [-0.15, -0.1) is 0 Å². The third-order valence-corrected chi connectivity index (χ3v) is 3.53. The molecule has 3 N–H and O–H groups in total. The van der Waals surface area contributed by atoms with Crippen LogP contribution in [0.3, 0.4) is 0 Å². The van der Waals surface area contributed by atoms with Gasteiger partial charge in [0.25, 0.3) is 0 Å². The van der Waals surface area contributed by atoms with Gasteiger partial charge in [0.1, 0.15) is 11.9 Å². The quantitative estimate of drug-likeness (QED) is 0.758. The van der Waals surface area contributed by atoms with Gasteiger partial charge in [-0.05, 0) is 37.5 Å². The predicted octanol–water partition coefficient (Wildman–Crippen LogP) is 1.96. The number of aliphatic hydroxyl groups is 1. The van der Waals surface area contributed by atoms with E-state index in [9.17, 15) is 9.90 Å². The topological polar surface area (TPSA) is 91.2 Å². The Morgan fingerprint density at radius 1 is 1.52 bits per heavy atom. The van der Waals surface area contributed by atoms with Gasteiger partial charge < -0.3 is 14.8 Å². The number of nitrogens with zero attached hydrogens (tertiary/aromatic N) is 1. The number of hydrogen-bond donors (Lipinski definition) is 3. The highest BCUT2D eigenvalue weighted by Gasteiger charge is 2.18. The Bertz CT molecular complexity index is 570. The van der Waals surface area contributed by atoms with Gasteiger partial charge in [-0.1, -0.05) is 6.92 Å². The van der Waals surface area contributed by atoms with Gasteiger partial charge in [-0.2, -0.15) is 5.10 Å². The van der Waals surface area contributed by atoms with Gasteiger partial charge in [-0.25, -0.2) is 0 Å². The van der Waals surface area contributed by atoms with Gasteiger partial charge >= 0.3 is 0 Å². The molecule has 0 bridgehead atoms. The van der Waals surface area contributed by atoms with E-state index < -0.39 is 6.10 Å². The molecule has 2 aromatic heterocycles. The Morgan fingerprint density at radius 3 is 2.86 bits per heavy atom. The van der Waals surface area contributed by atoms with E-state index in [4.69, 9.17) is 4.42 Å². The summed E-state index contributed by atoms with van der Waals surface area (Å²) in [5.41, 5.74) is 2.99. The normalized spacial score (nSPS) is 13.9. The van der Waals surface area contributed by atoms with E-state index in [0.29, 0.717) is 12.2 Å². The number of aromatic nitrogens is 2. The second kappa shape index (κ2) is 6.58. The monoisotopic (exact) mass is 291 g/mol. The van der Waals surface area contributed by atoms with Crippen molar-refractivity contribution >= 4 is 5.91 Å². The molecule has 2 unspecified atom stereocenters. The average Bonchev–Trinajstić information content (AvgIpc) is 3.06. The zero-order valence-electron chi connectivity index (χ0n) is 12.5. The molecule has 6 nitrogen and oxygen atoms in total. The Kier molecular flexibility index (Phi) is 4.80. The fraction of sp³-hybridized carbons (Fsp3) is 0.467. The van der Waals surface area contributed by atoms with Gasteiger partial charge in [0.2, 0.25) is 5.91 Å². The molecule has 1 amide bonds. The van der Waals surface area contributed by atoms with E-state index >= 15 is 0 Å². The molecule has 0 fully saturated rings. The minimum absolute atomic E-state index is 0.0736. The van der Waals surface area contributed by atoms with Crippen molar-refractivity contribution in [3.63, 3.8) is 0 Å². The summed E-state index contributed by atoms with van der Waals surface area (Å²) in [4.78, 5) is 12.0. The predicted molar refractivity (Wildman–Crippen MR) is 77.8 cm³/mol. The van der Waals surface area contributed by atoms with Crippen LogP contribution >= 0.6 is 0 Å². The number of hydrogen-bond acceptors (Lipinski definition) is 4. The maximum absolute atomic E-state index is 12.0. The van der Waals surface area contributed by atoms with Crippen LogP contribution in [0, 0.1) is 13.8 Å². The lowest BCUT2D eigenvalue weighted by molar-refractivity contribution is -0.121. The van der Waals surface area contributed by atoms with Gasteiger partial charge in [0.15, 0.2) is 0 Å². The second-order valence-corrected chi connectivity index (χ2v) is 5.29. The Labute approximate surface area is 123 Å². The third kappa shape index (κ3) is 3.72. The van der Waals surface area contributed by atoms with Crippen LogP contribution in [0.15, 0.2) is 22.8 Å². The van der Waals surface area contributed by atoms with Crippen molar-refractivity contribution < 1.29 is 14.3 Å². The van der Waals surface area contributed by atoms with Crippen molar-refractivity contribution in [3.05, 3.63) is 41.1 Å². The van der Waals surface area contributed by atoms with E-state index in [1.807, 2.05) is 20.8 Å². The molecule has 21 heavy (non-hydrogen) atoms. The molecule has 114 valence electrons. The van der Waals surface area contributed by atoms with E-state index in [-0.39, 0.29) is 18.4 Å². The first kappa shape index (κ1) is 15.3. The zero-order chi connectivity index (χ0) is 15.4. The summed E-state index contributed by atoms with van der Waals surface area (Å²) in [6.07, 6.45) is 1.02. The smallest absolute Gasteiger partial charge is 0.220 e. The highest BCUT2D eigenvalue weighted by molar-refractivity contribution is 5.77. The summed E-state index contributed by atoms with van der Waals surface area (Å²) in [5, 5.41) is 19.6. The maximum Gasteiger partial charge on any atom is 0.220 e. The minimum atomic E-state index is -0.823. The fourth-order valence-corrected chi connectivity index (χ4v) is 2.53. The number of aliphatic hydroxyl groups excluding tert-OH is 1. The van der Waals surface area contributed by atoms with E-state index in [1.165, 1.54) is 6.26 Å². The summed E-state index contributed by atoms with van der Waals surface area (Å²) in [6, 6.07) is 3.38. The van der Waals surface area contributed by atoms with Crippen molar-refractivity contribution in [1.29, 1.82) is 0 Å². The molecule has 2 heterocycles. The van der Waals surface area contributed by atoms with Crippen molar-refractivity contribution in [1.82, 2.24) is 15.5 Å². The van der Waals surface area contributed by atoms with Crippen LogP contribution in [0.25, 0.3) is 0 Å². The molecule has 2 aromatic rings. The van der Waals surface area contributed by atoms with Crippen LogP contribution in [-0.4, -0.2) is 27.8 Å². The summed E-state index contributed by atoms with van der Waals surface area (Å²) in [7, 11) is 0. The highest BCUT2D eigenvalue weighted by atomic mass is 16.4. The molecule has 2 rings (SSSR count). The average molecular weight is 291 g/mol. The van der Waals surface area contributed by atoms with Crippen molar-refractivity contribution in [2.75, 3.05) is 6.54 Å². The first-order valence-electron chi connectivity index (χ1n) is 6.98. The van der Waals surface area contributed by atoms with Gasteiger partial charge in [-0.3, -0.25) is 9.89 Å². The fourth-order valence-electron chi connectivity index (χ4n) is 2.53. The molecule has 0 radical (unpaired) electrons. The van der Waals surface area contributed by atoms with Crippen LogP contribution in [0.2, 0.25) is 0 Å². The molecule has 0 aliphatic heterocycles. The number of H-pyrrole nitrogens is 1. The number of aromatic amines is 1. The Hall–Kier alpha value is -2.08. The molecule has 2 atom stereocenters. The molecule has 0 saturated carbocycles. The second-order valence-electron chi connectivity index (χ2n) is 5.29. The first-order chi connectivity index (χ1) is 9.99. The van der Waals surface area contributed by atoms with E-state index in [0.717, 1.165) is 17.0 Å². The number of aryl methyl sites for hydroxylation is 2. The highest BCUT2D eigenvalue weighted by Crippen LogP contribution is 2.24. The zero-order valence-corrected chi connectivity index (χ0v) is 12.5. The van der Waals surface area contributed by atoms with Gasteiger partial charge in [0, 0.05) is 12.1 Å². The van der Waals surface area contributed by atoms with Crippen LogP contribution in [-0.2, 0) is 4.79 Å². The standard InChI is InChI=1S/C15H21N3O3/c1-9(15-10(2)17-18-11(15)3)7-14(20)16-8-12(19)13-5-4-6-21-13/h4-6,9,12,19H,7-8H2,1-3H3,(H,16,20)(H,17,18). The molecule has 0 aliphatic carbocycles. The summed E-state index contributed by atoms with van der Waals surface area (Å²) in [6.45, 7) is 6.01. The van der Waals surface area contributed by atoms with Gasteiger partial charge in [0.05, 0.1) is 18.5 Å². The van der Waals surface area contributed by atoms with Crippen LogP contribution in [0.5, 0.6) is 0 Å². The number of carbonyl (C=O) groups excluding carboxylic acids is 1. The molecule has 6 heteroatoms. The third-order valence-electron chi connectivity index (χ3n) is 3.53. The molecular weight excluding hydrogens is 270 g/mol. The van der Waals surface area contributed by atoms with Crippen LogP contribution in [0.1, 0.15) is 48.1 Å². The molecule has 0 spiro atoms. The largest absolute Gasteiger partial charge is 0.467 e. The molecular formula is C15H21N3O3. The Balaban J connectivity index is 1.85. The Morgan fingerprint density at radius 2 is 2.29 bits per heavy atom. The molecule has 0 saturated heterocycles. The van der Waals surface area contributed by atoms with Crippen LogP contribution in [0.4, 0.5) is 0 Å². The lowest BCUT2D eigenvalue weighted by Gasteiger charge is -2.14. The molecule has 0 aromatic carbocycles. The van der Waals surface area contributed by atoms with Crippen LogP contribution < -0.4 is 5.32 Å². The number of nitrogens with one attached hydrogen (secondary N) is 2. The number of amides is 1. The maximum atomic E-state index is 12.0. The van der Waals surface area contributed by atoms with E-state index in [2.05, 4.69) is 15.5 Å². The number of carbonyl (C=O) groups is 1. The number of rotatable bonds is 6. The minimum Gasteiger partial charge on any atom is -0.467 e.